The summed E-state index contributed by atoms with van der Waals surface area (Å²) in [4.78, 5) is 24.1. The van der Waals surface area contributed by atoms with Crippen LogP contribution in [0.1, 0.15) is 33.1 Å². The monoisotopic (exact) mass is 430 g/mol. The Morgan fingerprint density at radius 3 is 2.50 bits per heavy atom. The molecule has 156 valence electrons. The third-order valence-corrected chi connectivity index (χ3v) is 7.36. The van der Waals surface area contributed by atoms with Crippen molar-refractivity contribution >= 4 is 33.5 Å². The summed E-state index contributed by atoms with van der Waals surface area (Å²) >= 11 is 5.76. The normalized spacial score (nSPS) is 22.7. The highest BCUT2D eigenvalue weighted by Gasteiger charge is 2.28. The largest absolute Gasteiger partial charge is 0.455 e. The summed E-state index contributed by atoms with van der Waals surface area (Å²) in [6, 6.07) is 5.71. The lowest BCUT2D eigenvalue weighted by atomic mass is 9.78. The molecule has 1 aromatic carbocycles. The van der Waals surface area contributed by atoms with Gasteiger partial charge in [-0.25, -0.2) is 8.42 Å². The molecular formula is C19H27ClN2O5S. The minimum Gasteiger partial charge on any atom is -0.455 e. The highest BCUT2D eigenvalue weighted by atomic mass is 35.5. The zero-order valence-electron chi connectivity index (χ0n) is 16.4. The zero-order chi connectivity index (χ0) is 20.9. The number of likely N-dealkylation sites (N-methyl/N-ethyl adjacent to an activating group) is 1. The van der Waals surface area contributed by atoms with Gasteiger partial charge in [-0.1, -0.05) is 38.3 Å². The summed E-state index contributed by atoms with van der Waals surface area (Å²) in [6.07, 6.45) is 3.12. The summed E-state index contributed by atoms with van der Waals surface area (Å²) in [5.41, 5.74) is 0. The Balaban J connectivity index is 1.82. The van der Waals surface area contributed by atoms with E-state index in [1.165, 1.54) is 31.3 Å². The molecule has 1 amide bonds. The number of nitrogens with zero attached hydrogens (tertiary/aromatic N) is 1. The van der Waals surface area contributed by atoms with Crippen LogP contribution in [0.25, 0.3) is 0 Å². The van der Waals surface area contributed by atoms with Gasteiger partial charge in [0.1, 0.15) is 6.54 Å². The smallest absolute Gasteiger partial charge is 0.321 e. The second-order valence-electron chi connectivity index (χ2n) is 7.32. The van der Waals surface area contributed by atoms with E-state index in [1.54, 1.807) is 0 Å². The van der Waals surface area contributed by atoms with Crippen LogP contribution in [0.4, 0.5) is 0 Å². The van der Waals surface area contributed by atoms with Crippen LogP contribution in [0.3, 0.4) is 0 Å². The van der Waals surface area contributed by atoms with Gasteiger partial charge in [0.15, 0.2) is 6.61 Å². The molecule has 7 nitrogen and oxygen atoms in total. The number of ether oxygens (including phenoxy) is 1. The first-order chi connectivity index (χ1) is 13.1. The molecule has 1 aliphatic carbocycles. The lowest BCUT2D eigenvalue weighted by molar-refractivity contribution is -0.148. The predicted molar refractivity (Wildman–Crippen MR) is 106 cm³/mol. The van der Waals surface area contributed by atoms with Crippen molar-refractivity contribution in [1.29, 1.82) is 0 Å². The molecular weight excluding hydrogens is 404 g/mol. The van der Waals surface area contributed by atoms with E-state index in [0.29, 0.717) is 16.9 Å². The maximum atomic E-state index is 12.4. The van der Waals surface area contributed by atoms with Crippen molar-refractivity contribution in [2.45, 2.75) is 44.0 Å². The van der Waals surface area contributed by atoms with Gasteiger partial charge in [0.05, 0.1) is 4.90 Å². The molecule has 0 aliphatic heterocycles. The van der Waals surface area contributed by atoms with E-state index in [9.17, 15) is 18.0 Å². The summed E-state index contributed by atoms with van der Waals surface area (Å²) in [5, 5.41) is 3.32. The molecule has 3 unspecified atom stereocenters. The van der Waals surface area contributed by atoms with Crippen molar-refractivity contribution in [3.8, 4) is 0 Å². The Labute approximate surface area is 171 Å². The molecule has 0 bridgehead atoms. The zero-order valence-corrected chi connectivity index (χ0v) is 17.9. The summed E-state index contributed by atoms with van der Waals surface area (Å²) in [5.74, 6) is -0.264. The number of halogens is 1. The predicted octanol–water partition coefficient (Wildman–Crippen LogP) is 2.44. The maximum absolute atomic E-state index is 12.4. The van der Waals surface area contributed by atoms with Gasteiger partial charge in [0.2, 0.25) is 10.0 Å². The van der Waals surface area contributed by atoms with Crippen LogP contribution in [0.5, 0.6) is 0 Å². The van der Waals surface area contributed by atoms with Gasteiger partial charge in [-0.15, -0.1) is 0 Å². The number of sulfonamides is 1. The molecule has 1 N–H and O–H groups in total. The third-order valence-electron chi connectivity index (χ3n) is 5.29. The molecule has 2 rings (SSSR count). The number of rotatable bonds is 7. The number of amides is 1. The fourth-order valence-corrected chi connectivity index (χ4v) is 4.52. The van der Waals surface area contributed by atoms with E-state index >= 15 is 0 Å². The van der Waals surface area contributed by atoms with Gasteiger partial charge in [0.25, 0.3) is 5.91 Å². The lowest BCUT2D eigenvalue weighted by Crippen LogP contribution is -2.45. The Bertz CT molecular complexity index is 797. The number of hydrogen-bond acceptors (Lipinski definition) is 5. The Hall–Kier alpha value is -1.64. The van der Waals surface area contributed by atoms with Crippen LogP contribution in [0, 0.1) is 11.8 Å². The molecule has 1 fully saturated rings. The van der Waals surface area contributed by atoms with Gasteiger partial charge in [0, 0.05) is 18.1 Å². The molecule has 0 saturated heterocycles. The third kappa shape index (κ3) is 5.93. The average Bonchev–Trinajstić information content (AvgIpc) is 2.64. The first-order valence-electron chi connectivity index (χ1n) is 9.28. The average molecular weight is 431 g/mol. The fraction of sp³-hybridized carbons (Fsp3) is 0.579. The van der Waals surface area contributed by atoms with Crippen molar-refractivity contribution < 1.29 is 22.7 Å². The fourth-order valence-electron chi connectivity index (χ4n) is 3.28. The molecule has 0 radical (unpaired) electrons. The first kappa shape index (κ1) is 22.6. The molecule has 3 atom stereocenters. The Kier molecular flexibility index (Phi) is 7.86. The van der Waals surface area contributed by atoms with Crippen LogP contribution in [0.15, 0.2) is 29.2 Å². The molecule has 9 heteroatoms. The molecule has 0 heterocycles. The van der Waals surface area contributed by atoms with E-state index in [4.69, 9.17) is 16.3 Å². The van der Waals surface area contributed by atoms with Gasteiger partial charge in [-0.05, 0) is 42.5 Å². The van der Waals surface area contributed by atoms with Crippen molar-refractivity contribution in [2.75, 3.05) is 20.2 Å². The molecule has 1 aromatic rings. The summed E-state index contributed by atoms with van der Waals surface area (Å²) in [7, 11) is -2.58. The molecule has 1 saturated carbocycles. The first-order valence-corrected chi connectivity index (χ1v) is 11.1. The van der Waals surface area contributed by atoms with E-state index in [2.05, 4.69) is 19.2 Å². The number of hydrogen-bond donors (Lipinski definition) is 1. The van der Waals surface area contributed by atoms with E-state index < -0.39 is 29.1 Å². The lowest BCUT2D eigenvalue weighted by Gasteiger charge is -2.34. The summed E-state index contributed by atoms with van der Waals surface area (Å²) < 4.78 is 30.7. The Morgan fingerprint density at radius 1 is 1.21 bits per heavy atom. The highest BCUT2D eigenvalue weighted by molar-refractivity contribution is 7.89. The van der Waals surface area contributed by atoms with Gasteiger partial charge >= 0.3 is 5.97 Å². The minimum atomic E-state index is -3.85. The SMILES string of the molecule is CC1CCCC(NC(=O)COC(=O)CN(C)S(=O)(=O)c2ccc(Cl)cc2)C1C. The quantitative estimate of drug-likeness (QED) is 0.670. The second-order valence-corrected chi connectivity index (χ2v) is 9.80. The van der Waals surface area contributed by atoms with Crippen molar-refractivity contribution in [1.82, 2.24) is 9.62 Å². The number of nitrogens with one attached hydrogen (secondary N) is 1. The van der Waals surface area contributed by atoms with Gasteiger partial charge in [-0.2, -0.15) is 4.31 Å². The number of carbonyl (C=O) groups excluding carboxylic acids is 2. The number of esters is 1. The van der Waals surface area contributed by atoms with Crippen LogP contribution >= 0.6 is 11.6 Å². The Morgan fingerprint density at radius 2 is 1.86 bits per heavy atom. The number of carbonyl (C=O) groups is 2. The molecule has 0 spiro atoms. The van der Waals surface area contributed by atoms with Crippen LogP contribution in [0.2, 0.25) is 5.02 Å². The van der Waals surface area contributed by atoms with Crippen LogP contribution in [-0.4, -0.2) is 50.8 Å². The van der Waals surface area contributed by atoms with Crippen molar-refractivity contribution in [3.63, 3.8) is 0 Å². The maximum Gasteiger partial charge on any atom is 0.321 e. The van der Waals surface area contributed by atoms with Gasteiger partial charge < -0.3 is 10.1 Å². The standard InChI is InChI=1S/C19H27ClN2O5S/c1-13-5-4-6-17(14(13)2)21-18(23)12-27-19(24)11-22(3)28(25,26)16-9-7-15(20)8-10-16/h7-10,13-14,17H,4-6,11-12H2,1-3H3,(H,21,23). The van der Waals surface area contributed by atoms with Crippen molar-refractivity contribution in [3.05, 3.63) is 29.3 Å². The molecule has 28 heavy (non-hydrogen) atoms. The molecule has 1 aliphatic rings. The minimum absolute atomic E-state index is 0.0188. The highest BCUT2D eigenvalue weighted by Crippen LogP contribution is 2.29. The summed E-state index contributed by atoms with van der Waals surface area (Å²) in [6.45, 7) is 3.36. The van der Waals surface area contributed by atoms with Crippen molar-refractivity contribution in [2.24, 2.45) is 11.8 Å². The topological polar surface area (TPSA) is 92.8 Å². The van der Waals surface area contributed by atoms with E-state index in [0.717, 1.165) is 23.6 Å². The number of benzene rings is 1. The van der Waals surface area contributed by atoms with Crippen LogP contribution < -0.4 is 5.32 Å². The second kappa shape index (κ2) is 9.71. The van der Waals surface area contributed by atoms with Crippen LogP contribution in [-0.2, 0) is 24.3 Å². The van der Waals surface area contributed by atoms with Gasteiger partial charge in [-0.3, -0.25) is 9.59 Å². The van der Waals surface area contributed by atoms with E-state index in [-0.39, 0.29) is 16.8 Å². The van der Waals surface area contributed by atoms with E-state index in [1.807, 2.05) is 0 Å². The molecule has 0 aromatic heterocycles.